The van der Waals surface area contributed by atoms with Crippen LogP contribution >= 0.6 is 0 Å². The number of carboxylic acid groups (broad SMARTS) is 2. The summed E-state index contributed by atoms with van der Waals surface area (Å²) in [5.41, 5.74) is 0. The van der Waals surface area contributed by atoms with Crippen LogP contribution in [0.2, 0.25) is 0 Å². The molecule has 0 radical (unpaired) electrons. The number of carbonyl (C=O) groups is 2. The standard InChI is InChI=1S/C4H6O4.2Li/c1-2(3(5)6)4(7)8;;/h2H,1H3,(H,5,6)(H,7,8);;/q;2*+1/p-2. The van der Waals surface area contributed by atoms with Crippen molar-refractivity contribution in [1.82, 2.24) is 0 Å². The smallest absolute Gasteiger partial charge is 0.549 e. The molecule has 0 saturated heterocycles. The summed E-state index contributed by atoms with van der Waals surface area (Å²) >= 11 is 0. The van der Waals surface area contributed by atoms with Crippen LogP contribution in [0.25, 0.3) is 0 Å². The van der Waals surface area contributed by atoms with E-state index >= 15 is 0 Å². The quantitative estimate of drug-likeness (QED) is 0.274. The van der Waals surface area contributed by atoms with Gasteiger partial charge < -0.3 is 19.8 Å². The van der Waals surface area contributed by atoms with E-state index in [4.69, 9.17) is 0 Å². The fourth-order valence-corrected chi connectivity index (χ4v) is 0.0962. The largest absolute Gasteiger partial charge is 1.00 e. The molecule has 6 heteroatoms. The Labute approximate surface area is 82.3 Å². The monoisotopic (exact) mass is 130 g/mol. The molecule has 0 aliphatic rings. The number of carboxylic acids is 2. The van der Waals surface area contributed by atoms with Crippen LogP contribution < -0.4 is 47.9 Å². The zero-order valence-corrected chi connectivity index (χ0v) is 6.21. The van der Waals surface area contributed by atoms with Gasteiger partial charge in [-0.15, -0.1) is 0 Å². The minimum atomic E-state index is -1.62. The maximum Gasteiger partial charge on any atom is 1.00 e. The molecule has 0 bridgehead atoms. The van der Waals surface area contributed by atoms with E-state index in [1.807, 2.05) is 0 Å². The summed E-state index contributed by atoms with van der Waals surface area (Å²) in [6, 6.07) is 0. The van der Waals surface area contributed by atoms with Crippen LogP contribution in [0.15, 0.2) is 0 Å². The summed E-state index contributed by atoms with van der Waals surface area (Å²) in [6.07, 6.45) is 0. The summed E-state index contributed by atoms with van der Waals surface area (Å²) < 4.78 is 0. The SMILES string of the molecule is CC(C(=O)[O-])C(=O)[O-].[Li+].[Li+]. The molecule has 0 heterocycles. The van der Waals surface area contributed by atoms with Crippen LogP contribution in [0.4, 0.5) is 0 Å². The Kier molecular flexibility index (Phi) is 12.0. The molecule has 0 aromatic rings. The summed E-state index contributed by atoms with van der Waals surface area (Å²) in [5.74, 6) is -4.76. The second kappa shape index (κ2) is 7.24. The first-order valence-corrected chi connectivity index (χ1v) is 1.97. The van der Waals surface area contributed by atoms with Crippen LogP contribution in [0.5, 0.6) is 0 Å². The second-order valence-electron chi connectivity index (χ2n) is 1.36. The van der Waals surface area contributed by atoms with Crippen molar-refractivity contribution >= 4 is 11.9 Å². The Hall–Kier alpha value is 0.135. The Morgan fingerprint density at radius 3 is 1.30 bits per heavy atom. The third kappa shape index (κ3) is 6.26. The zero-order chi connectivity index (χ0) is 6.73. The van der Waals surface area contributed by atoms with Crippen molar-refractivity contribution in [2.75, 3.05) is 0 Å². The van der Waals surface area contributed by atoms with Crippen molar-refractivity contribution in [3.8, 4) is 0 Å². The molecule has 0 fully saturated rings. The molecule has 0 aliphatic carbocycles. The molecule has 0 aromatic heterocycles. The van der Waals surface area contributed by atoms with E-state index in [9.17, 15) is 19.8 Å². The second-order valence-corrected chi connectivity index (χ2v) is 1.36. The predicted molar refractivity (Wildman–Crippen MR) is 19.2 cm³/mol. The Morgan fingerprint density at radius 1 is 1.10 bits per heavy atom. The maximum atomic E-state index is 9.61. The first kappa shape index (κ1) is 16.6. The van der Waals surface area contributed by atoms with Gasteiger partial charge in [-0.1, -0.05) is 6.92 Å². The summed E-state index contributed by atoms with van der Waals surface area (Å²) in [7, 11) is 0. The normalized spacial score (nSPS) is 7.40. The van der Waals surface area contributed by atoms with Crippen LogP contribution in [0.3, 0.4) is 0 Å². The van der Waals surface area contributed by atoms with Gasteiger partial charge in [0.25, 0.3) is 0 Å². The van der Waals surface area contributed by atoms with Gasteiger partial charge >= 0.3 is 37.7 Å². The van der Waals surface area contributed by atoms with Gasteiger partial charge in [0.2, 0.25) is 0 Å². The van der Waals surface area contributed by atoms with Crippen molar-refractivity contribution in [2.24, 2.45) is 5.92 Å². The van der Waals surface area contributed by atoms with E-state index in [2.05, 4.69) is 0 Å². The Morgan fingerprint density at radius 2 is 1.30 bits per heavy atom. The number of carbonyl (C=O) groups excluding carboxylic acids is 2. The minimum Gasteiger partial charge on any atom is -0.549 e. The summed E-state index contributed by atoms with van der Waals surface area (Å²) in [4.78, 5) is 19.2. The molecule has 0 rings (SSSR count). The average molecular weight is 130 g/mol. The van der Waals surface area contributed by atoms with E-state index in [-0.39, 0.29) is 37.7 Å². The summed E-state index contributed by atoms with van der Waals surface area (Å²) in [5, 5.41) is 19.2. The number of rotatable bonds is 2. The van der Waals surface area contributed by atoms with Gasteiger partial charge in [0.1, 0.15) is 0 Å². The van der Waals surface area contributed by atoms with Crippen molar-refractivity contribution in [2.45, 2.75) is 6.92 Å². The van der Waals surface area contributed by atoms with Gasteiger partial charge in [0.05, 0.1) is 0 Å². The third-order valence-electron chi connectivity index (χ3n) is 0.707. The van der Waals surface area contributed by atoms with Crippen LogP contribution in [-0.4, -0.2) is 11.9 Å². The molecule has 0 N–H and O–H groups in total. The molecule has 0 saturated carbocycles. The van der Waals surface area contributed by atoms with Gasteiger partial charge in [-0.3, -0.25) is 0 Å². The molecular formula is C4H4Li2O4. The third-order valence-corrected chi connectivity index (χ3v) is 0.707. The number of hydrogen-bond donors (Lipinski definition) is 0. The predicted octanol–water partition coefficient (Wildman–Crippen LogP) is -8.87. The van der Waals surface area contributed by atoms with Gasteiger partial charge in [0, 0.05) is 17.9 Å². The van der Waals surface area contributed by atoms with E-state index in [0.717, 1.165) is 6.92 Å². The fraction of sp³-hybridized carbons (Fsp3) is 0.500. The maximum absolute atomic E-state index is 9.61. The first-order valence-electron chi connectivity index (χ1n) is 1.97. The Bertz CT molecular complexity index is 110. The molecule has 4 nitrogen and oxygen atoms in total. The van der Waals surface area contributed by atoms with Crippen LogP contribution in [0, 0.1) is 5.92 Å². The van der Waals surface area contributed by atoms with E-state index < -0.39 is 17.9 Å². The fourth-order valence-electron chi connectivity index (χ4n) is 0.0962. The van der Waals surface area contributed by atoms with E-state index in [1.165, 1.54) is 0 Å². The average Bonchev–Trinajstić information content (AvgIpc) is 1.64. The minimum absolute atomic E-state index is 0. The molecule has 0 aromatic carbocycles. The Balaban J connectivity index is -0.000000245. The molecular weight excluding hydrogens is 126 g/mol. The van der Waals surface area contributed by atoms with Gasteiger partial charge in [0.15, 0.2) is 0 Å². The molecule has 10 heavy (non-hydrogen) atoms. The van der Waals surface area contributed by atoms with E-state index in [1.54, 1.807) is 0 Å². The topological polar surface area (TPSA) is 80.3 Å². The van der Waals surface area contributed by atoms with Crippen molar-refractivity contribution < 1.29 is 57.5 Å². The van der Waals surface area contributed by atoms with Gasteiger partial charge in [-0.25, -0.2) is 0 Å². The number of hydrogen-bond acceptors (Lipinski definition) is 4. The van der Waals surface area contributed by atoms with Crippen molar-refractivity contribution in [3.05, 3.63) is 0 Å². The molecule has 0 amide bonds. The molecule has 46 valence electrons. The summed E-state index contributed by atoms with van der Waals surface area (Å²) in [6.45, 7) is 0.991. The molecule has 0 unspecified atom stereocenters. The van der Waals surface area contributed by atoms with Crippen LogP contribution in [-0.2, 0) is 9.59 Å². The first-order chi connectivity index (χ1) is 3.55. The molecule has 0 aliphatic heterocycles. The van der Waals surface area contributed by atoms with Gasteiger partial charge in [-0.2, -0.15) is 0 Å². The zero-order valence-electron chi connectivity index (χ0n) is 6.21. The number of aliphatic carboxylic acids is 2. The van der Waals surface area contributed by atoms with Crippen LogP contribution in [0.1, 0.15) is 6.92 Å². The van der Waals surface area contributed by atoms with Crippen molar-refractivity contribution in [1.29, 1.82) is 0 Å². The molecule has 0 atom stereocenters. The van der Waals surface area contributed by atoms with Gasteiger partial charge in [-0.05, 0) is 0 Å². The molecule has 0 spiro atoms. The van der Waals surface area contributed by atoms with E-state index in [0.29, 0.717) is 0 Å². The van der Waals surface area contributed by atoms with Crippen molar-refractivity contribution in [3.63, 3.8) is 0 Å².